The van der Waals surface area contributed by atoms with Crippen molar-refractivity contribution in [2.75, 3.05) is 38.7 Å². The van der Waals surface area contributed by atoms with Gasteiger partial charge in [-0.25, -0.2) is 4.98 Å². The van der Waals surface area contributed by atoms with Gasteiger partial charge >= 0.3 is 0 Å². The second-order valence-corrected chi connectivity index (χ2v) is 7.67. The Labute approximate surface area is 164 Å². The second kappa shape index (κ2) is 8.50. The third kappa shape index (κ3) is 4.46. The number of carbonyl (C=O) groups excluding carboxylic acids is 1. The van der Waals surface area contributed by atoms with E-state index in [0.717, 1.165) is 28.1 Å². The van der Waals surface area contributed by atoms with Crippen LogP contribution < -0.4 is 9.64 Å². The van der Waals surface area contributed by atoms with E-state index in [2.05, 4.69) is 4.90 Å². The van der Waals surface area contributed by atoms with Crippen LogP contribution in [-0.4, -0.2) is 49.6 Å². The summed E-state index contributed by atoms with van der Waals surface area (Å²) in [6.07, 6.45) is 0. The summed E-state index contributed by atoms with van der Waals surface area (Å²) in [5, 5.41) is 0.699. The Bertz CT molecular complexity index is 919. The lowest BCUT2D eigenvalue weighted by Gasteiger charge is -2.22. The number of rotatable bonds is 7. The number of anilines is 1. The van der Waals surface area contributed by atoms with Crippen molar-refractivity contribution in [2.24, 2.45) is 0 Å². The predicted molar refractivity (Wildman–Crippen MR) is 112 cm³/mol. The van der Waals surface area contributed by atoms with E-state index in [1.807, 2.05) is 70.4 Å². The van der Waals surface area contributed by atoms with Crippen LogP contribution in [0.4, 0.5) is 5.13 Å². The third-order valence-corrected chi connectivity index (χ3v) is 5.26. The van der Waals surface area contributed by atoms with E-state index in [1.54, 1.807) is 4.90 Å². The Balaban J connectivity index is 1.99. The number of nitrogens with zero attached hydrogens (tertiary/aromatic N) is 3. The van der Waals surface area contributed by atoms with Crippen LogP contribution in [0.1, 0.15) is 22.8 Å². The van der Waals surface area contributed by atoms with Gasteiger partial charge < -0.3 is 9.64 Å². The lowest BCUT2D eigenvalue weighted by Crippen LogP contribution is -2.36. The Kier molecular flexibility index (Phi) is 6.08. The quantitative estimate of drug-likeness (QED) is 0.613. The molecule has 0 aliphatic rings. The summed E-state index contributed by atoms with van der Waals surface area (Å²) in [7, 11) is 4.00. The minimum atomic E-state index is -0.0335. The number of ether oxygens (including phenoxy) is 1. The van der Waals surface area contributed by atoms with Crippen molar-refractivity contribution in [3.8, 4) is 5.75 Å². The Morgan fingerprint density at radius 2 is 1.85 bits per heavy atom. The molecule has 0 bridgehead atoms. The fourth-order valence-corrected chi connectivity index (χ4v) is 3.74. The summed E-state index contributed by atoms with van der Waals surface area (Å²) in [5.74, 6) is 0.724. The number of benzene rings is 2. The van der Waals surface area contributed by atoms with Crippen LogP contribution in [-0.2, 0) is 0 Å². The number of hydrogen-bond acceptors (Lipinski definition) is 5. The van der Waals surface area contributed by atoms with E-state index in [4.69, 9.17) is 9.72 Å². The fraction of sp³-hybridized carbons (Fsp3) is 0.333. The lowest BCUT2D eigenvalue weighted by molar-refractivity contribution is 0.0985. The number of thiazole rings is 1. The number of amides is 1. The van der Waals surface area contributed by atoms with Crippen LogP contribution in [0.3, 0.4) is 0 Å². The molecule has 5 nitrogen and oxygen atoms in total. The molecule has 2 aromatic carbocycles. The first-order valence-electron chi connectivity index (χ1n) is 9.05. The number of para-hydroxylation sites is 1. The van der Waals surface area contributed by atoms with Crippen LogP contribution in [0.5, 0.6) is 5.75 Å². The highest BCUT2D eigenvalue weighted by molar-refractivity contribution is 7.22. The third-order valence-electron chi connectivity index (χ3n) is 4.22. The normalized spacial score (nSPS) is 11.1. The van der Waals surface area contributed by atoms with E-state index >= 15 is 0 Å². The highest BCUT2D eigenvalue weighted by Crippen LogP contribution is 2.34. The first kappa shape index (κ1) is 19.3. The number of fused-ring (bicyclic) bond motifs is 1. The van der Waals surface area contributed by atoms with Crippen molar-refractivity contribution >= 4 is 32.6 Å². The topological polar surface area (TPSA) is 45.7 Å². The molecule has 3 rings (SSSR count). The molecule has 142 valence electrons. The SMILES string of the molecule is CCOc1cccc2sc(N(CCN(C)C)C(=O)c3ccc(C)cc3)nc12. The van der Waals surface area contributed by atoms with Gasteiger partial charge in [0.2, 0.25) is 0 Å². The molecule has 0 saturated carbocycles. The van der Waals surface area contributed by atoms with E-state index in [0.29, 0.717) is 23.8 Å². The van der Waals surface area contributed by atoms with Gasteiger partial charge in [-0.2, -0.15) is 0 Å². The van der Waals surface area contributed by atoms with Crippen LogP contribution in [0.15, 0.2) is 42.5 Å². The van der Waals surface area contributed by atoms with Crippen molar-refractivity contribution in [2.45, 2.75) is 13.8 Å². The zero-order valence-electron chi connectivity index (χ0n) is 16.2. The maximum Gasteiger partial charge on any atom is 0.260 e. The zero-order chi connectivity index (χ0) is 19.4. The van der Waals surface area contributed by atoms with E-state index in [1.165, 1.54) is 11.3 Å². The average Bonchev–Trinajstić information content (AvgIpc) is 3.07. The summed E-state index contributed by atoms with van der Waals surface area (Å²) in [5.41, 5.74) is 2.61. The Morgan fingerprint density at radius 3 is 2.52 bits per heavy atom. The molecule has 0 N–H and O–H groups in total. The second-order valence-electron chi connectivity index (χ2n) is 6.66. The van der Waals surface area contributed by atoms with Crippen molar-refractivity contribution in [1.82, 2.24) is 9.88 Å². The van der Waals surface area contributed by atoms with Gasteiger partial charge in [-0.05, 0) is 52.2 Å². The molecule has 0 spiro atoms. The van der Waals surface area contributed by atoms with Crippen molar-refractivity contribution in [1.29, 1.82) is 0 Å². The Morgan fingerprint density at radius 1 is 1.11 bits per heavy atom. The molecule has 3 aromatic rings. The van der Waals surface area contributed by atoms with Gasteiger partial charge in [-0.15, -0.1) is 0 Å². The first-order valence-corrected chi connectivity index (χ1v) is 9.87. The van der Waals surface area contributed by atoms with Crippen LogP contribution in [0, 0.1) is 6.92 Å². The molecule has 27 heavy (non-hydrogen) atoms. The van der Waals surface area contributed by atoms with Crippen molar-refractivity contribution in [3.63, 3.8) is 0 Å². The molecule has 6 heteroatoms. The van der Waals surface area contributed by atoms with E-state index in [-0.39, 0.29) is 5.91 Å². The lowest BCUT2D eigenvalue weighted by atomic mass is 10.1. The largest absolute Gasteiger partial charge is 0.492 e. The van der Waals surface area contributed by atoms with E-state index < -0.39 is 0 Å². The van der Waals surface area contributed by atoms with Gasteiger partial charge in [0, 0.05) is 18.7 Å². The molecule has 0 radical (unpaired) electrons. The molecule has 0 aliphatic carbocycles. The first-order chi connectivity index (χ1) is 13.0. The average molecular weight is 384 g/mol. The van der Waals surface area contributed by atoms with Crippen molar-refractivity contribution < 1.29 is 9.53 Å². The molecular weight excluding hydrogens is 358 g/mol. The standard InChI is InChI=1S/C21H25N3O2S/c1-5-26-17-7-6-8-18-19(17)22-21(27-18)24(14-13-23(3)4)20(25)16-11-9-15(2)10-12-16/h6-12H,5,13-14H2,1-4H3. The van der Waals surface area contributed by atoms with Crippen LogP contribution in [0.2, 0.25) is 0 Å². The summed E-state index contributed by atoms with van der Waals surface area (Å²) >= 11 is 1.52. The van der Waals surface area contributed by atoms with Gasteiger partial charge in [-0.1, -0.05) is 35.1 Å². The van der Waals surface area contributed by atoms with Crippen LogP contribution >= 0.6 is 11.3 Å². The molecule has 0 atom stereocenters. The summed E-state index contributed by atoms with van der Waals surface area (Å²) in [6.45, 7) is 5.88. The maximum atomic E-state index is 13.2. The van der Waals surface area contributed by atoms with E-state index in [9.17, 15) is 4.79 Å². The zero-order valence-corrected chi connectivity index (χ0v) is 17.0. The maximum absolute atomic E-state index is 13.2. The predicted octanol–water partition coefficient (Wildman–Crippen LogP) is 4.21. The highest BCUT2D eigenvalue weighted by Gasteiger charge is 2.22. The number of likely N-dealkylation sites (N-methyl/N-ethyl adjacent to an activating group) is 1. The molecule has 1 amide bonds. The Hall–Kier alpha value is -2.44. The molecule has 0 saturated heterocycles. The molecular formula is C21H25N3O2S. The minimum absolute atomic E-state index is 0.0335. The summed E-state index contributed by atoms with van der Waals surface area (Å²) in [4.78, 5) is 21.8. The number of carbonyl (C=O) groups is 1. The highest BCUT2D eigenvalue weighted by atomic mass is 32.1. The van der Waals surface area contributed by atoms with Gasteiger partial charge in [0.15, 0.2) is 5.13 Å². The molecule has 0 unspecified atom stereocenters. The summed E-state index contributed by atoms with van der Waals surface area (Å²) in [6, 6.07) is 13.6. The number of aryl methyl sites for hydroxylation is 1. The minimum Gasteiger partial charge on any atom is -0.492 e. The smallest absolute Gasteiger partial charge is 0.260 e. The molecule has 0 fully saturated rings. The summed E-state index contributed by atoms with van der Waals surface area (Å²) < 4.78 is 6.72. The van der Waals surface area contributed by atoms with Crippen molar-refractivity contribution in [3.05, 3.63) is 53.6 Å². The van der Waals surface area contributed by atoms with Gasteiger partial charge in [0.1, 0.15) is 11.3 Å². The van der Waals surface area contributed by atoms with Crippen LogP contribution in [0.25, 0.3) is 10.2 Å². The number of aromatic nitrogens is 1. The monoisotopic (exact) mass is 383 g/mol. The molecule has 0 aliphatic heterocycles. The van der Waals surface area contributed by atoms with Gasteiger partial charge in [0.05, 0.1) is 11.3 Å². The number of hydrogen-bond donors (Lipinski definition) is 0. The fourth-order valence-electron chi connectivity index (χ4n) is 2.74. The van der Waals surface area contributed by atoms with Gasteiger partial charge in [-0.3, -0.25) is 9.69 Å². The molecule has 1 aromatic heterocycles. The molecule has 1 heterocycles. The van der Waals surface area contributed by atoms with Gasteiger partial charge in [0.25, 0.3) is 5.91 Å².